The zero-order valence-corrected chi connectivity index (χ0v) is 14.2. The van der Waals surface area contributed by atoms with Gasteiger partial charge in [-0.3, -0.25) is 4.79 Å². The van der Waals surface area contributed by atoms with Crippen LogP contribution < -0.4 is 5.32 Å². The number of benzene rings is 1. The first kappa shape index (κ1) is 17.2. The van der Waals surface area contributed by atoms with Crippen LogP contribution in [0.5, 0.6) is 0 Å². The van der Waals surface area contributed by atoms with E-state index in [4.69, 9.17) is 4.42 Å². The second kappa shape index (κ2) is 6.95. The van der Waals surface area contributed by atoms with Crippen LogP contribution in [-0.2, 0) is 21.1 Å². The van der Waals surface area contributed by atoms with Crippen LogP contribution in [0.15, 0.2) is 28.7 Å². The van der Waals surface area contributed by atoms with Crippen LogP contribution >= 0.6 is 0 Å². The molecular weight excluding hydrogens is 316 g/mol. The third-order valence-electron chi connectivity index (χ3n) is 3.31. The summed E-state index contributed by atoms with van der Waals surface area (Å²) in [6.07, 6.45) is 1.19. The fraction of sp³-hybridized carbons (Fsp3) is 0.375. The Bertz CT molecular complexity index is 792. The molecule has 6 nitrogen and oxygen atoms in total. The zero-order chi connectivity index (χ0) is 17.0. The number of rotatable bonds is 6. The molecular formula is C16H20N2O4S. The summed E-state index contributed by atoms with van der Waals surface area (Å²) in [5.74, 6) is 0.700. The Morgan fingerprint density at radius 2 is 1.87 bits per heavy atom. The van der Waals surface area contributed by atoms with E-state index in [1.54, 1.807) is 6.92 Å². The standard InChI is InChI=1S/C16H20N2O4S/c1-11-4-6-13(7-5-11)16-18-14(12(2)22-16)10-15(19)17-8-9-23(3,20)21/h4-7H,8-10H2,1-3H3,(H,17,19). The molecule has 0 atom stereocenters. The molecule has 0 radical (unpaired) electrons. The van der Waals surface area contributed by atoms with E-state index in [1.165, 1.54) is 0 Å². The molecule has 2 rings (SSSR count). The van der Waals surface area contributed by atoms with Gasteiger partial charge in [-0.2, -0.15) is 0 Å². The topological polar surface area (TPSA) is 89.3 Å². The number of carbonyl (C=O) groups excluding carboxylic acids is 1. The Morgan fingerprint density at radius 3 is 2.48 bits per heavy atom. The van der Waals surface area contributed by atoms with Gasteiger partial charge >= 0.3 is 0 Å². The molecule has 2 aromatic rings. The fourth-order valence-corrected chi connectivity index (χ4v) is 2.47. The van der Waals surface area contributed by atoms with E-state index in [0.29, 0.717) is 17.3 Å². The molecule has 0 aliphatic carbocycles. The zero-order valence-electron chi connectivity index (χ0n) is 13.4. The first-order valence-corrected chi connectivity index (χ1v) is 9.28. The minimum absolute atomic E-state index is 0.0605. The molecule has 23 heavy (non-hydrogen) atoms. The van der Waals surface area contributed by atoms with E-state index < -0.39 is 9.84 Å². The summed E-state index contributed by atoms with van der Waals surface area (Å²) in [4.78, 5) is 16.2. The van der Waals surface area contributed by atoms with Crippen LogP contribution in [0.2, 0.25) is 0 Å². The van der Waals surface area contributed by atoms with Crippen molar-refractivity contribution in [3.8, 4) is 11.5 Å². The van der Waals surface area contributed by atoms with Gasteiger partial charge in [0, 0.05) is 18.4 Å². The molecule has 0 saturated heterocycles. The lowest BCUT2D eigenvalue weighted by molar-refractivity contribution is -0.120. The molecule has 7 heteroatoms. The second-order valence-corrected chi connectivity index (χ2v) is 7.80. The molecule has 1 amide bonds. The highest BCUT2D eigenvalue weighted by Gasteiger charge is 2.15. The van der Waals surface area contributed by atoms with Crippen molar-refractivity contribution in [2.45, 2.75) is 20.3 Å². The van der Waals surface area contributed by atoms with Gasteiger partial charge in [0.05, 0.1) is 17.9 Å². The molecule has 0 aliphatic heterocycles. The predicted octanol–water partition coefficient (Wildman–Crippen LogP) is 1.66. The minimum atomic E-state index is -3.09. The van der Waals surface area contributed by atoms with Crippen molar-refractivity contribution in [2.75, 3.05) is 18.6 Å². The van der Waals surface area contributed by atoms with E-state index in [-0.39, 0.29) is 24.6 Å². The van der Waals surface area contributed by atoms with E-state index in [1.807, 2.05) is 31.2 Å². The molecule has 1 aromatic carbocycles. The van der Waals surface area contributed by atoms with Gasteiger partial charge in [0.25, 0.3) is 0 Å². The van der Waals surface area contributed by atoms with Crippen molar-refractivity contribution in [1.82, 2.24) is 10.3 Å². The van der Waals surface area contributed by atoms with Crippen molar-refractivity contribution in [1.29, 1.82) is 0 Å². The summed E-state index contributed by atoms with van der Waals surface area (Å²) >= 11 is 0. The number of carbonyl (C=O) groups is 1. The van der Waals surface area contributed by atoms with Crippen LogP contribution in [0.3, 0.4) is 0 Å². The summed E-state index contributed by atoms with van der Waals surface area (Å²) in [6.45, 7) is 3.85. The molecule has 1 N–H and O–H groups in total. The van der Waals surface area contributed by atoms with Crippen LogP contribution in [0.4, 0.5) is 0 Å². The molecule has 0 spiro atoms. The maximum Gasteiger partial charge on any atom is 0.226 e. The third-order valence-corrected chi connectivity index (χ3v) is 4.26. The normalized spacial score (nSPS) is 11.4. The first-order valence-electron chi connectivity index (χ1n) is 7.22. The largest absolute Gasteiger partial charge is 0.441 e. The van der Waals surface area contributed by atoms with Crippen molar-refractivity contribution in [3.63, 3.8) is 0 Å². The monoisotopic (exact) mass is 336 g/mol. The van der Waals surface area contributed by atoms with Gasteiger partial charge in [-0.25, -0.2) is 13.4 Å². The number of amides is 1. The van der Waals surface area contributed by atoms with Crippen LogP contribution in [0.1, 0.15) is 17.0 Å². The number of sulfone groups is 1. The predicted molar refractivity (Wildman–Crippen MR) is 87.8 cm³/mol. The highest BCUT2D eigenvalue weighted by molar-refractivity contribution is 7.90. The number of nitrogens with zero attached hydrogens (tertiary/aromatic N) is 1. The number of hydrogen-bond donors (Lipinski definition) is 1. The number of oxazole rings is 1. The fourth-order valence-electron chi connectivity index (χ4n) is 2.00. The smallest absolute Gasteiger partial charge is 0.226 e. The van der Waals surface area contributed by atoms with Gasteiger partial charge < -0.3 is 9.73 Å². The lowest BCUT2D eigenvalue weighted by atomic mass is 10.1. The van der Waals surface area contributed by atoms with Gasteiger partial charge in [-0.05, 0) is 26.0 Å². The SMILES string of the molecule is Cc1ccc(-c2nc(CC(=O)NCCS(C)(=O)=O)c(C)o2)cc1. The number of aromatic nitrogens is 1. The van der Waals surface area contributed by atoms with Gasteiger partial charge in [0.1, 0.15) is 15.6 Å². The molecule has 0 bridgehead atoms. The van der Waals surface area contributed by atoms with Gasteiger partial charge in [0.2, 0.25) is 11.8 Å². The van der Waals surface area contributed by atoms with E-state index in [0.717, 1.165) is 17.4 Å². The van der Waals surface area contributed by atoms with Gasteiger partial charge in [0.15, 0.2) is 0 Å². The summed E-state index contributed by atoms with van der Waals surface area (Å²) in [7, 11) is -3.09. The second-order valence-electron chi connectivity index (χ2n) is 5.54. The van der Waals surface area contributed by atoms with E-state index in [2.05, 4.69) is 10.3 Å². The summed E-state index contributed by atoms with van der Waals surface area (Å²) in [5.41, 5.74) is 2.54. The summed E-state index contributed by atoms with van der Waals surface area (Å²) < 4.78 is 27.7. The van der Waals surface area contributed by atoms with Crippen molar-refractivity contribution < 1.29 is 17.6 Å². The Balaban J connectivity index is 2.01. The highest BCUT2D eigenvalue weighted by atomic mass is 32.2. The van der Waals surface area contributed by atoms with E-state index in [9.17, 15) is 13.2 Å². The molecule has 1 heterocycles. The number of nitrogens with one attached hydrogen (secondary N) is 1. The van der Waals surface area contributed by atoms with Crippen molar-refractivity contribution in [3.05, 3.63) is 41.3 Å². The average molecular weight is 336 g/mol. The summed E-state index contributed by atoms with van der Waals surface area (Å²) in [5, 5.41) is 2.57. The van der Waals surface area contributed by atoms with Crippen molar-refractivity contribution >= 4 is 15.7 Å². The third kappa shape index (κ3) is 5.21. The van der Waals surface area contributed by atoms with Crippen LogP contribution in [0, 0.1) is 13.8 Å². The molecule has 0 saturated carbocycles. The Labute approximate surface area is 135 Å². The molecule has 0 fully saturated rings. The maximum atomic E-state index is 11.9. The number of aryl methyl sites for hydroxylation is 2. The first-order chi connectivity index (χ1) is 10.7. The van der Waals surface area contributed by atoms with Crippen molar-refractivity contribution in [2.24, 2.45) is 0 Å². The highest BCUT2D eigenvalue weighted by Crippen LogP contribution is 2.22. The van der Waals surface area contributed by atoms with Crippen LogP contribution in [0.25, 0.3) is 11.5 Å². The molecule has 0 unspecified atom stereocenters. The average Bonchev–Trinajstić information content (AvgIpc) is 2.79. The Morgan fingerprint density at radius 1 is 1.22 bits per heavy atom. The molecule has 0 aliphatic rings. The quantitative estimate of drug-likeness (QED) is 0.866. The molecule has 1 aromatic heterocycles. The van der Waals surface area contributed by atoms with Gasteiger partial charge in [-0.1, -0.05) is 17.7 Å². The summed E-state index contributed by atoms with van der Waals surface area (Å²) in [6, 6.07) is 7.76. The Kier molecular flexibility index (Phi) is 5.20. The minimum Gasteiger partial charge on any atom is -0.441 e. The lowest BCUT2D eigenvalue weighted by Crippen LogP contribution is -2.30. The maximum absolute atomic E-state index is 11.9. The molecule has 124 valence electrons. The Hall–Kier alpha value is -2.15. The number of hydrogen-bond acceptors (Lipinski definition) is 5. The lowest BCUT2D eigenvalue weighted by Gasteiger charge is -2.02. The van der Waals surface area contributed by atoms with E-state index >= 15 is 0 Å². The van der Waals surface area contributed by atoms with Crippen LogP contribution in [-0.4, -0.2) is 37.9 Å². The van der Waals surface area contributed by atoms with Gasteiger partial charge in [-0.15, -0.1) is 0 Å².